The van der Waals surface area contributed by atoms with Crippen molar-refractivity contribution in [1.82, 2.24) is 30.4 Å². The molecule has 9 nitrogen and oxygen atoms in total. The predicted molar refractivity (Wildman–Crippen MR) is 157 cm³/mol. The Kier molecular flexibility index (Phi) is 10.1. The summed E-state index contributed by atoms with van der Waals surface area (Å²) in [5.41, 5.74) is -2.77. The number of amides is 1. The first kappa shape index (κ1) is 32.8. The highest BCUT2D eigenvalue weighted by atomic mass is 32.2. The number of alkyl halides is 6. The highest BCUT2D eigenvalue weighted by Gasteiger charge is 2.37. The zero-order valence-electron chi connectivity index (χ0n) is 23.5. The lowest BCUT2D eigenvalue weighted by Crippen LogP contribution is -2.38. The highest BCUT2D eigenvalue weighted by molar-refractivity contribution is 8.26. The molecule has 3 heterocycles. The Hall–Kier alpha value is -3.54. The SMILES string of the molecule is O=C1/C(=C/c2cc(-c3cc(C(F)(F)F)cc(C(F)(F)F)c3)ccc2OCCN2CCOCC2)SC(=S)N1CCCc1nn[nH]n1. The molecule has 45 heavy (non-hydrogen) atoms. The van der Waals surface area contributed by atoms with Crippen LogP contribution in [0.5, 0.6) is 5.75 Å². The van der Waals surface area contributed by atoms with Crippen molar-refractivity contribution in [2.45, 2.75) is 25.2 Å². The number of aryl methyl sites for hydroxylation is 1. The van der Waals surface area contributed by atoms with Gasteiger partial charge in [-0.2, -0.15) is 31.6 Å². The van der Waals surface area contributed by atoms with Crippen molar-refractivity contribution < 1.29 is 40.6 Å². The molecule has 0 spiro atoms. The van der Waals surface area contributed by atoms with Crippen LogP contribution >= 0.6 is 24.0 Å². The number of tetrazole rings is 1. The minimum absolute atomic E-state index is 0.0777. The number of carbonyl (C=O) groups excluding carboxylic acids is 1. The van der Waals surface area contributed by atoms with Gasteiger partial charge in [-0.3, -0.25) is 14.6 Å². The zero-order chi connectivity index (χ0) is 32.2. The number of rotatable bonds is 10. The van der Waals surface area contributed by atoms with Gasteiger partial charge in [0.15, 0.2) is 5.82 Å². The van der Waals surface area contributed by atoms with Gasteiger partial charge >= 0.3 is 12.4 Å². The molecule has 0 radical (unpaired) electrons. The van der Waals surface area contributed by atoms with E-state index in [2.05, 4.69) is 25.5 Å². The lowest BCUT2D eigenvalue weighted by atomic mass is 9.97. The van der Waals surface area contributed by atoms with Gasteiger partial charge in [0.2, 0.25) is 0 Å². The van der Waals surface area contributed by atoms with Gasteiger partial charge in [-0.1, -0.05) is 35.3 Å². The van der Waals surface area contributed by atoms with Crippen LogP contribution in [0.3, 0.4) is 0 Å². The fraction of sp³-hybridized carbons (Fsp3) is 0.393. The Morgan fingerprint density at radius 3 is 2.36 bits per heavy atom. The van der Waals surface area contributed by atoms with Crippen LogP contribution < -0.4 is 4.74 Å². The van der Waals surface area contributed by atoms with Crippen molar-refractivity contribution in [2.24, 2.45) is 0 Å². The van der Waals surface area contributed by atoms with Crippen LogP contribution in [0.2, 0.25) is 0 Å². The van der Waals surface area contributed by atoms with Crippen LogP contribution in [0.4, 0.5) is 26.3 Å². The second-order valence-electron chi connectivity index (χ2n) is 10.1. The molecular weight excluding hydrogens is 646 g/mol. The van der Waals surface area contributed by atoms with E-state index in [1.807, 2.05) is 0 Å². The minimum Gasteiger partial charge on any atom is -0.492 e. The number of benzene rings is 2. The number of nitrogens with zero attached hydrogens (tertiary/aromatic N) is 5. The summed E-state index contributed by atoms with van der Waals surface area (Å²) < 4.78 is 93.1. The first-order valence-corrected chi connectivity index (χ1v) is 15.0. The number of thioether (sulfide) groups is 1. The first-order valence-electron chi connectivity index (χ1n) is 13.7. The number of hydrogen-bond acceptors (Lipinski definition) is 9. The molecule has 3 aromatic rings. The summed E-state index contributed by atoms with van der Waals surface area (Å²) in [4.78, 5) is 17.1. The maximum absolute atomic E-state index is 13.6. The molecule has 0 atom stereocenters. The molecule has 17 heteroatoms. The van der Waals surface area contributed by atoms with Gasteiger partial charge in [-0.25, -0.2) is 0 Å². The first-order chi connectivity index (χ1) is 21.4. The molecule has 0 aliphatic carbocycles. The van der Waals surface area contributed by atoms with Gasteiger partial charge < -0.3 is 9.47 Å². The lowest BCUT2D eigenvalue weighted by Gasteiger charge is -2.26. The zero-order valence-corrected chi connectivity index (χ0v) is 25.1. The Morgan fingerprint density at radius 1 is 1.00 bits per heavy atom. The monoisotopic (exact) mass is 672 g/mol. The predicted octanol–water partition coefficient (Wildman–Crippen LogP) is 5.45. The van der Waals surface area contributed by atoms with Crippen molar-refractivity contribution >= 4 is 40.3 Å². The molecule has 2 fully saturated rings. The largest absolute Gasteiger partial charge is 0.492 e. The minimum atomic E-state index is -5.00. The Morgan fingerprint density at radius 2 is 1.71 bits per heavy atom. The molecular formula is C28H26F6N6O3S2. The van der Waals surface area contributed by atoms with Gasteiger partial charge in [0, 0.05) is 38.2 Å². The summed E-state index contributed by atoms with van der Waals surface area (Å²) in [5, 5.41) is 13.6. The Balaban J connectivity index is 1.45. The standard InChI is InChI=1S/C28H26F6N6O3S2/c29-27(30,31)20-13-18(14-21(16-20)28(32,33)34)17-3-4-22(43-11-8-39-6-9-42-10-7-39)19(12-17)15-23-25(41)40(26(44)45-23)5-1-2-24-35-37-38-36-24/h3-4,12-16H,1-2,5-11H2,(H,35,36,37,38)/b23-15-. The van der Waals surface area contributed by atoms with Gasteiger partial charge in [0.05, 0.1) is 29.2 Å². The van der Waals surface area contributed by atoms with Crippen molar-refractivity contribution in [1.29, 1.82) is 0 Å². The van der Waals surface area contributed by atoms with Crippen LogP contribution in [-0.4, -0.2) is 86.7 Å². The number of aromatic nitrogens is 4. The van der Waals surface area contributed by atoms with Gasteiger partial charge in [-0.15, -0.1) is 10.2 Å². The normalized spacial score (nSPS) is 17.5. The fourth-order valence-corrected chi connectivity index (χ4v) is 6.02. The molecule has 1 aromatic heterocycles. The molecule has 240 valence electrons. The molecule has 1 amide bonds. The van der Waals surface area contributed by atoms with Gasteiger partial charge in [-0.05, 0) is 54.0 Å². The van der Waals surface area contributed by atoms with E-state index < -0.39 is 23.5 Å². The third-order valence-corrected chi connectivity index (χ3v) is 8.41. The van der Waals surface area contributed by atoms with Crippen molar-refractivity contribution in [2.75, 3.05) is 46.0 Å². The number of morpholine rings is 1. The average Bonchev–Trinajstić information content (AvgIpc) is 3.61. The molecule has 2 aliphatic heterocycles. The van der Waals surface area contributed by atoms with E-state index in [-0.39, 0.29) is 41.2 Å². The van der Waals surface area contributed by atoms with Crippen molar-refractivity contribution in [3.63, 3.8) is 0 Å². The maximum Gasteiger partial charge on any atom is 0.416 e. The van der Waals surface area contributed by atoms with E-state index in [1.165, 1.54) is 29.2 Å². The van der Waals surface area contributed by atoms with Gasteiger partial charge in [0.25, 0.3) is 5.91 Å². The van der Waals surface area contributed by atoms with Gasteiger partial charge in [0.1, 0.15) is 16.7 Å². The number of nitrogens with one attached hydrogen (secondary N) is 1. The summed E-state index contributed by atoms with van der Waals surface area (Å²) in [6.07, 6.45) is -7.56. The van der Waals surface area contributed by atoms with E-state index in [9.17, 15) is 31.1 Å². The summed E-state index contributed by atoms with van der Waals surface area (Å²) in [6, 6.07) is 5.67. The summed E-state index contributed by atoms with van der Waals surface area (Å²) >= 11 is 6.45. The Bertz CT molecular complexity index is 1530. The number of thiocarbonyl (C=S) groups is 1. The molecule has 0 bridgehead atoms. The van der Waals surface area contributed by atoms with Crippen molar-refractivity contribution in [3.8, 4) is 16.9 Å². The summed E-state index contributed by atoms with van der Waals surface area (Å²) in [5.74, 6) is 0.397. The van der Waals surface area contributed by atoms with Crippen LogP contribution in [-0.2, 0) is 28.3 Å². The number of ether oxygens (including phenoxy) is 2. The molecule has 2 aliphatic rings. The van der Waals surface area contributed by atoms with E-state index in [0.717, 1.165) is 24.9 Å². The average molecular weight is 673 g/mol. The summed E-state index contributed by atoms with van der Waals surface area (Å²) in [6.45, 7) is 3.73. The quantitative estimate of drug-likeness (QED) is 0.171. The lowest BCUT2D eigenvalue weighted by molar-refractivity contribution is -0.143. The van der Waals surface area contributed by atoms with Crippen LogP contribution in [0.25, 0.3) is 17.2 Å². The van der Waals surface area contributed by atoms with Crippen LogP contribution in [0.1, 0.15) is 28.9 Å². The number of H-pyrrole nitrogens is 1. The van der Waals surface area contributed by atoms with E-state index >= 15 is 0 Å². The summed E-state index contributed by atoms with van der Waals surface area (Å²) in [7, 11) is 0. The maximum atomic E-state index is 13.6. The second-order valence-corrected chi connectivity index (χ2v) is 11.8. The van der Waals surface area contributed by atoms with E-state index in [0.29, 0.717) is 66.2 Å². The molecule has 2 saturated heterocycles. The van der Waals surface area contributed by atoms with E-state index in [1.54, 1.807) is 0 Å². The second kappa shape index (κ2) is 13.8. The Labute approximate surface area is 262 Å². The van der Waals surface area contributed by atoms with Crippen LogP contribution in [0.15, 0.2) is 41.3 Å². The highest BCUT2D eigenvalue weighted by Crippen LogP contribution is 2.40. The number of halogens is 6. The molecule has 0 saturated carbocycles. The number of aromatic amines is 1. The molecule has 5 rings (SSSR count). The smallest absolute Gasteiger partial charge is 0.416 e. The third kappa shape index (κ3) is 8.39. The molecule has 1 N–H and O–H groups in total. The van der Waals surface area contributed by atoms with E-state index in [4.69, 9.17) is 21.7 Å². The molecule has 0 unspecified atom stereocenters. The topological polar surface area (TPSA) is 96.5 Å². The molecule has 2 aromatic carbocycles. The van der Waals surface area contributed by atoms with Crippen molar-refractivity contribution in [3.05, 3.63) is 63.8 Å². The number of hydrogen-bond donors (Lipinski definition) is 1. The van der Waals surface area contributed by atoms with Crippen LogP contribution in [0, 0.1) is 0 Å². The fourth-order valence-electron chi connectivity index (χ4n) is 4.72. The number of carbonyl (C=O) groups is 1. The third-order valence-electron chi connectivity index (χ3n) is 7.03.